The van der Waals surface area contributed by atoms with Crippen LogP contribution >= 0.6 is 39.0 Å². The van der Waals surface area contributed by atoms with Gasteiger partial charge in [0.15, 0.2) is 5.13 Å². The van der Waals surface area contributed by atoms with Crippen molar-refractivity contribution in [3.8, 4) is 11.3 Å². The van der Waals surface area contributed by atoms with Crippen LogP contribution in [0.3, 0.4) is 0 Å². The van der Waals surface area contributed by atoms with E-state index in [-0.39, 0.29) is 11.8 Å². The third-order valence-corrected chi connectivity index (χ3v) is 7.64. The van der Waals surface area contributed by atoms with Crippen molar-refractivity contribution in [1.82, 2.24) is 4.98 Å². The maximum atomic E-state index is 13.4. The van der Waals surface area contributed by atoms with Crippen molar-refractivity contribution < 1.29 is 9.59 Å². The molecule has 0 saturated carbocycles. The number of nitrogens with zero attached hydrogens (tertiary/aromatic N) is 1. The fourth-order valence-electron chi connectivity index (χ4n) is 3.36. The smallest absolute Gasteiger partial charge is 0.244 e. The average molecular weight is 567 g/mol. The minimum atomic E-state index is -0.461. The lowest BCUT2D eigenvalue weighted by Gasteiger charge is -2.16. The summed E-state index contributed by atoms with van der Waals surface area (Å²) in [4.78, 5) is 30.8. The van der Waals surface area contributed by atoms with Crippen molar-refractivity contribution in [1.29, 1.82) is 0 Å². The summed E-state index contributed by atoms with van der Waals surface area (Å²) >= 11 is 6.31. The van der Waals surface area contributed by atoms with Gasteiger partial charge >= 0.3 is 0 Å². The number of nitrogens with one attached hydrogen (secondary N) is 2. The molecule has 1 unspecified atom stereocenters. The summed E-state index contributed by atoms with van der Waals surface area (Å²) in [5, 5.41) is 7.92. The van der Waals surface area contributed by atoms with Gasteiger partial charge in [0, 0.05) is 32.4 Å². The number of carbonyl (C=O) groups is 2. The van der Waals surface area contributed by atoms with Crippen LogP contribution in [0.1, 0.15) is 30.6 Å². The zero-order valence-corrected chi connectivity index (χ0v) is 22.3. The van der Waals surface area contributed by atoms with Crippen molar-refractivity contribution in [3.63, 3.8) is 0 Å². The van der Waals surface area contributed by atoms with E-state index in [1.54, 1.807) is 0 Å². The van der Waals surface area contributed by atoms with Crippen molar-refractivity contribution in [2.45, 2.75) is 29.9 Å². The molecule has 0 spiro atoms. The van der Waals surface area contributed by atoms with Gasteiger partial charge in [-0.1, -0.05) is 65.3 Å². The third kappa shape index (κ3) is 7.04. The quantitative estimate of drug-likeness (QED) is 0.203. The molecule has 8 heteroatoms. The van der Waals surface area contributed by atoms with E-state index in [4.69, 9.17) is 0 Å². The third-order valence-electron chi connectivity index (χ3n) is 5.08. The first-order valence-electron chi connectivity index (χ1n) is 11.2. The summed E-state index contributed by atoms with van der Waals surface area (Å²) in [6.45, 7) is 1.97. The fraction of sp³-hybridized carbons (Fsp3) is 0.148. The highest BCUT2D eigenvalue weighted by molar-refractivity contribution is 9.10. The van der Waals surface area contributed by atoms with Crippen molar-refractivity contribution >= 4 is 61.7 Å². The summed E-state index contributed by atoms with van der Waals surface area (Å²) < 4.78 is 1.00. The Labute approximate surface area is 221 Å². The Balaban J connectivity index is 1.49. The van der Waals surface area contributed by atoms with E-state index in [1.165, 1.54) is 23.1 Å². The van der Waals surface area contributed by atoms with Gasteiger partial charge in [-0.15, -0.1) is 23.1 Å². The second-order valence-electron chi connectivity index (χ2n) is 7.77. The van der Waals surface area contributed by atoms with Gasteiger partial charge in [0.25, 0.3) is 0 Å². The number of benzene rings is 3. The molecule has 35 heavy (non-hydrogen) atoms. The number of rotatable bonds is 9. The first-order valence-corrected chi connectivity index (χ1v) is 13.7. The molecular formula is C27H24BrN3O2S2. The van der Waals surface area contributed by atoms with Crippen LogP contribution in [-0.4, -0.2) is 16.8 Å². The molecule has 2 amide bonds. The van der Waals surface area contributed by atoms with Crippen LogP contribution in [-0.2, 0) is 9.59 Å². The lowest BCUT2D eigenvalue weighted by Crippen LogP contribution is -2.19. The van der Waals surface area contributed by atoms with Crippen molar-refractivity contribution in [2.75, 3.05) is 10.6 Å². The number of thioether (sulfide) groups is 1. The molecule has 0 bridgehead atoms. The van der Waals surface area contributed by atoms with Gasteiger partial charge in [-0.05, 0) is 48.4 Å². The molecule has 0 radical (unpaired) electrons. The summed E-state index contributed by atoms with van der Waals surface area (Å²) in [6, 6.07) is 25.2. The number of aromatic nitrogens is 1. The minimum absolute atomic E-state index is 0.000368. The molecule has 1 heterocycles. The van der Waals surface area contributed by atoms with Gasteiger partial charge in [0.1, 0.15) is 5.25 Å². The second-order valence-corrected chi connectivity index (χ2v) is 10.7. The predicted octanol–water partition coefficient (Wildman–Crippen LogP) is 7.78. The molecule has 0 saturated heterocycles. The summed E-state index contributed by atoms with van der Waals surface area (Å²) in [7, 11) is 0. The van der Waals surface area contributed by atoms with E-state index in [1.807, 2.05) is 91.2 Å². The molecule has 178 valence electrons. The average Bonchev–Trinajstić information content (AvgIpc) is 3.33. The SMILES string of the molecule is CCCC(=O)Nc1ccc(SC(C(=O)Nc2nc(-c3ccc(Br)cc3)cs2)c2ccccc2)cc1. The zero-order valence-electron chi connectivity index (χ0n) is 19.0. The Morgan fingerprint density at radius 2 is 1.69 bits per heavy atom. The Kier molecular flexibility index (Phi) is 8.74. The summed E-state index contributed by atoms with van der Waals surface area (Å²) in [5.41, 5.74) is 3.46. The number of carbonyl (C=O) groups excluding carboxylic acids is 2. The molecule has 4 aromatic rings. The van der Waals surface area contributed by atoms with Gasteiger partial charge in [-0.25, -0.2) is 4.98 Å². The number of hydrogen-bond donors (Lipinski definition) is 2. The summed E-state index contributed by atoms with van der Waals surface area (Å²) in [6.07, 6.45) is 1.30. The number of halogens is 1. The molecule has 0 aliphatic carbocycles. The fourth-order valence-corrected chi connectivity index (χ4v) is 5.37. The van der Waals surface area contributed by atoms with Gasteiger partial charge in [0.2, 0.25) is 11.8 Å². The lowest BCUT2D eigenvalue weighted by atomic mass is 10.1. The Morgan fingerprint density at radius 3 is 2.37 bits per heavy atom. The number of anilines is 2. The molecule has 1 aromatic heterocycles. The second kappa shape index (κ2) is 12.2. The van der Waals surface area contributed by atoms with Crippen molar-refractivity contribution in [2.24, 2.45) is 0 Å². The first kappa shape index (κ1) is 25.2. The van der Waals surface area contributed by atoms with Crippen LogP contribution in [0, 0.1) is 0 Å². The topological polar surface area (TPSA) is 71.1 Å². The zero-order chi connectivity index (χ0) is 24.6. The van der Waals surface area contributed by atoms with Gasteiger partial charge in [0.05, 0.1) is 5.69 Å². The highest BCUT2D eigenvalue weighted by Gasteiger charge is 2.23. The van der Waals surface area contributed by atoms with Crippen LogP contribution in [0.2, 0.25) is 0 Å². The van der Waals surface area contributed by atoms with Crippen LogP contribution in [0.25, 0.3) is 11.3 Å². The molecule has 0 fully saturated rings. The van der Waals surface area contributed by atoms with E-state index in [0.29, 0.717) is 11.6 Å². The van der Waals surface area contributed by atoms with Crippen molar-refractivity contribution in [3.05, 3.63) is 94.3 Å². The van der Waals surface area contributed by atoms with Gasteiger partial charge in [-0.3, -0.25) is 9.59 Å². The summed E-state index contributed by atoms with van der Waals surface area (Å²) in [5.74, 6) is -0.140. The molecule has 4 rings (SSSR count). The van der Waals surface area contributed by atoms with E-state index in [0.717, 1.165) is 38.3 Å². The van der Waals surface area contributed by atoms with Gasteiger partial charge < -0.3 is 10.6 Å². The molecule has 2 N–H and O–H groups in total. The molecule has 1 atom stereocenters. The molecule has 0 aliphatic rings. The Bertz CT molecular complexity index is 1280. The minimum Gasteiger partial charge on any atom is -0.326 e. The molecule has 5 nitrogen and oxygen atoms in total. The highest BCUT2D eigenvalue weighted by atomic mass is 79.9. The lowest BCUT2D eigenvalue weighted by molar-refractivity contribution is -0.116. The van der Waals surface area contributed by atoms with Gasteiger partial charge in [-0.2, -0.15) is 0 Å². The van der Waals surface area contributed by atoms with Crippen LogP contribution in [0.4, 0.5) is 10.8 Å². The Hall–Kier alpha value is -2.94. The normalized spacial score (nSPS) is 11.6. The van der Waals surface area contributed by atoms with Crippen LogP contribution < -0.4 is 10.6 Å². The molecular weight excluding hydrogens is 542 g/mol. The monoisotopic (exact) mass is 565 g/mol. The van der Waals surface area contributed by atoms with E-state index in [2.05, 4.69) is 31.5 Å². The maximum absolute atomic E-state index is 13.4. The predicted molar refractivity (Wildman–Crippen MR) is 149 cm³/mol. The molecule has 0 aliphatic heterocycles. The first-order chi connectivity index (χ1) is 17.0. The van der Waals surface area contributed by atoms with Crippen LogP contribution in [0.5, 0.6) is 0 Å². The maximum Gasteiger partial charge on any atom is 0.244 e. The largest absolute Gasteiger partial charge is 0.326 e. The van der Waals surface area contributed by atoms with Crippen LogP contribution in [0.15, 0.2) is 93.6 Å². The van der Waals surface area contributed by atoms with E-state index < -0.39 is 5.25 Å². The standard InChI is InChI=1S/C27H24BrN3O2S2/c1-2-6-24(32)29-21-13-15-22(16-14-21)35-25(19-7-4-3-5-8-19)26(33)31-27-30-23(17-34-27)18-9-11-20(28)12-10-18/h3-5,7-17,25H,2,6H2,1H3,(H,29,32)(H,30,31,33). The Morgan fingerprint density at radius 1 is 0.971 bits per heavy atom. The number of hydrogen-bond acceptors (Lipinski definition) is 5. The highest BCUT2D eigenvalue weighted by Crippen LogP contribution is 2.37. The molecule has 3 aromatic carbocycles. The number of thiazole rings is 1. The van der Waals surface area contributed by atoms with E-state index >= 15 is 0 Å². The number of amides is 2. The van der Waals surface area contributed by atoms with E-state index in [9.17, 15) is 9.59 Å².